The molecule has 0 amide bonds. The zero-order chi connectivity index (χ0) is 10.6. The fraction of sp³-hybridized carbons (Fsp3) is 0.786. The molecular weight excluding hydrogens is 168 g/mol. The van der Waals surface area contributed by atoms with Crippen molar-refractivity contribution in [3.05, 3.63) is 18.6 Å². The predicted octanol–water partition coefficient (Wildman–Crippen LogP) is 4.76. The van der Waals surface area contributed by atoms with Gasteiger partial charge < -0.3 is 0 Å². The largest absolute Gasteiger partial charge is 0.0794 e. The lowest BCUT2D eigenvalue weighted by molar-refractivity contribution is 0.235. The van der Waals surface area contributed by atoms with Crippen molar-refractivity contribution >= 4 is 0 Å². The summed E-state index contributed by atoms with van der Waals surface area (Å²) in [4.78, 5) is 0. The molecule has 0 heteroatoms. The molecular formula is C14H25. The van der Waals surface area contributed by atoms with Crippen LogP contribution in [0.3, 0.4) is 0 Å². The smallest absolute Gasteiger partial charge is 0.0115 e. The maximum Gasteiger partial charge on any atom is -0.0115 e. The van der Waals surface area contributed by atoms with E-state index in [2.05, 4.69) is 33.8 Å². The molecule has 81 valence electrons. The summed E-state index contributed by atoms with van der Waals surface area (Å²) in [6.07, 6.45) is 10.6. The summed E-state index contributed by atoms with van der Waals surface area (Å²) < 4.78 is 0. The van der Waals surface area contributed by atoms with Crippen LogP contribution in [0, 0.1) is 18.3 Å². The van der Waals surface area contributed by atoms with Gasteiger partial charge in [-0.1, -0.05) is 44.8 Å². The molecule has 0 N–H and O–H groups in total. The predicted molar refractivity (Wildman–Crippen MR) is 64.1 cm³/mol. The first-order chi connectivity index (χ1) is 6.56. The minimum Gasteiger partial charge on any atom is -0.0794 e. The van der Waals surface area contributed by atoms with Gasteiger partial charge in [-0.25, -0.2) is 0 Å². The first-order valence-electron chi connectivity index (χ1n) is 6.10. The van der Waals surface area contributed by atoms with E-state index in [0.717, 1.165) is 12.3 Å². The fourth-order valence-corrected chi connectivity index (χ4v) is 2.54. The second kappa shape index (κ2) is 5.00. The summed E-state index contributed by atoms with van der Waals surface area (Å²) in [7, 11) is 0. The third-order valence-corrected chi connectivity index (χ3v) is 3.67. The standard InChI is InChI=1S/C14H25/c1-5-12(2)11-14(3,4)13-9-7-6-8-10-13/h11,13H,3,5-10H2,1-2,4H3/b12-11+. The average Bonchev–Trinajstić information content (AvgIpc) is 2.18. The highest BCUT2D eigenvalue weighted by Crippen LogP contribution is 2.39. The van der Waals surface area contributed by atoms with Gasteiger partial charge in [0.25, 0.3) is 0 Å². The third-order valence-electron chi connectivity index (χ3n) is 3.67. The van der Waals surface area contributed by atoms with Gasteiger partial charge in [0.1, 0.15) is 0 Å². The zero-order valence-corrected chi connectivity index (χ0v) is 10.1. The van der Waals surface area contributed by atoms with Gasteiger partial charge in [0.2, 0.25) is 0 Å². The summed E-state index contributed by atoms with van der Waals surface area (Å²) >= 11 is 0. The van der Waals surface area contributed by atoms with E-state index in [1.165, 1.54) is 37.7 Å². The molecule has 0 saturated heterocycles. The summed E-state index contributed by atoms with van der Waals surface area (Å²) in [5.41, 5.74) is 1.67. The number of rotatable bonds is 3. The maximum atomic E-state index is 4.41. The molecule has 1 aliphatic rings. The van der Waals surface area contributed by atoms with E-state index >= 15 is 0 Å². The molecule has 0 aromatic rings. The first kappa shape index (κ1) is 11.8. The minimum absolute atomic E-state index is 0.181. The Morgan fingerprint density at radius 2 is 1.93 bits per heavy atom. The van der Waals surface area contributed by atoms with Crippen LogP contribution in [0.4, 0.5) is 0 Å². The molecule has 0 spiro atoms. The van der Waals surface area contributed by atoms with Gasteiger partial charge in [-0.15, -0.1) is 0 Å². The van der Waals surface area contributed by atoms with Crippen LogP contribution in [0.2, 0.25) is 0 Å². The molecule has 14 heavy (non-hydrogen) atoms. The highest BCUT2D eigenvalue weighted by Gasteiger charge is 2.28. The van der Waals surface area contributed by atoms with E-state index in [1.807, 2.05) is 0 Å². The maximum absolute atomic E-state index is 4.41. The van der Waals surface area contributed by atoms with Gasteiger partial charge in [0.15, 0.2) is 0 Å². The highest BCUT2D eigenvalue weighted by molar-refractivity contribution is 5.09. The summed E-state index contributed by atoms with van der Waals surface area (Å²) in [6, 6.07) is 0. The van der Waals surface area contributed by atoms with E-state index < -0.39 is 0 Å². The molecule has 1 fully saturated rings. The van der Waals surface area contributed by atoms with Crippen molar-refractivity contribution < 1.29 is 0 Å². The van der Waals surface area contributed by atoms with Crippen molar-refractivity contribution in [1.82, 2.24) is 0 Å². The Bertz CT molecular complexity index is 192. The Hall–Kier alpha value is -0.260. The van der Waals surface area contributed by atoms with Crippen LogP contribution in [0.15, 0.2) is 11.6 Å². The van der Waals surface area contributed by atoms with E-state index in [0.29, 0.717) is 0 Å². The molecule has 0 aromatic heterocycles. The molecule has 0 aliphatic heterocycles. The Labute approximate surface area is 89.8 Å². The van der Waals surface area contributed by atoms with E-state index in [4.69, 9.17) is 0 Å². The van der Waals surface area contributed by atoms with E-state index in [1.54, 1.807) is 0 Å². The Morgan fingerprint density at radius 1 is 1.36 bits per heavy atom. The zero-order valence-electron chi connectivity index (χ0n) is 10.1. The van der Waals surface area contributed by atoms with Crippen LogP contribution < -0.4 is 0 Å². The normalized spacial score (nSPS) is 21.3. The molecule has 1 aliphatic carbocycles. The number of allylic oxidation sites excluding steroid dienone is 2. The second-order valence-corrected chi connectivity index (χ2v) is 5.18. The molecule has 0 heterocycles. The van der Waals surface area contributed by atoms with Crippen LogP contribution in [0.25, 0.3) is 0 Å². The molecule has 1 saturated carbocycles. The summed E-state index contributed by atoms with van der Waals surface area (Å²) in [5, 5.41) is 0. The SMILES string of the molecule is [CH2]C(C)(/C=C(\C)CC)C1CCCCC1. The van der Waals surface area contributed by atoms with Crippen molar-refractivity contribution in [2.75, 3.05) is 0 Å². The molecule has 1 atom stereocenters. The van der Waals surface area contributed by atoms with Crippen LogP contribution >= 0.6 is 0 Å². The Morgan fingerprint density at radius 3 is 2.43 bits per heavy atom. The lowest BCUT2D eigenvalue weighted by Gasteiger charge is -2.35. The number of hydrogen-bond acceptors (Lipinski definition) is 0. The Balaban J connectivity index is 2.62. The summed E-state index contributed by atoms with van der Waals surface area (Å²) in [6.45, 7) is 11.2. The highest BCUT2D eigenvalue weighted by atomic mass is 14.3. The van der Waals surface area contributed by atoms with E-state index in [9.17, 15) is 0 Å². The van der Waals surface area contributed by atoms with Gasteiger partial charge in [0, 0.05) is 0 Å². The van der Waals surface area contributed by atoms with Crippen molar-refractivity contribution in [2.24, 2.45) is 11.3 Å². The van der Waals surface area contributed by atoms with Crippen molar-refractivity contribution in [3.63, 3.8) is 0 Å². The van der Waals surface area contributed by atoms with Crippen LogP contribution in [-0.4, -0.2) is 0 Å². The molecule has 0 nitrogen and oxygen atoms in total. The quantitative estimate of drug-likeness (QED) is 0.567. The van der Waals surface area contributed by atoms with Gasteiger partial charge in [-0.05, 0) is 44.4 Å². The van der Waals surface area contributed by atoms with Gasteiger partial charge in [0.05, 0.1) is 0 Å². The van der Waals surface area contributed by atoms with Gasteiger partial charge >= 0.3 is 0 Å². The monoisotopic (exact) mass is 193 g/mol. The fourth-order valence-electron chi connectivity index (χ4n) is 2.54. The lowest BCUT2D eigenvalue weighted by atomic mass is 9.70. The molecule has 1 rings (SSSR count). The third kappa shape index (κ3) is 3.15. The molecule has 1 unspecified atom stereocenters. The summed E-state index contributed by atoms with van der Waals surface area (Å²) in [5.74, 6) is 0.817. The van der Waals surface area contributed by atoms with Crippen molar-refractivity contribution in [2.45, 2.75) is 59.3 Å². The second-order valence-electron chi connectivity index (χ2n) is 5.18. The Kier molecular flexibility index (Phi) is 4.22. The van der Waals surface area contributed by atoms with Crippen LogP contribution in [0.1, 0.15) is 59.3 Å². The average molecular weight is 193 g/mol. The van der Waals surface area contributed by atoms with Crippen LogP contribution in [0.5, 0.6) is 0 Å². The van der Waals surface area contributed by atoms with E-state index in [-0.39, 0.29) is 5.41 Å². The van der Waals surface area contributed by atoms with Crippen LogP contribution in [-0.2, 0) is 0 Å². The van der Waals surface area contributed by atoms with Gasteiger partial charge in [-0.2, -0.15) is 0 Å². The molecule has 1 radical (unpaired) electrons. The van der Waals surface area contributed by atoms with Crippen molar-refractivity contribution in [1.29, 1.82) is 0 Å². The van der Waals surface area contributed by atoms with Gasteiger partial charge in [-0.3, -0.25) is 0 Å². The molecule has 0 bridgehead atoms. The topological polar surface area (TPSA) is 0 Å². The lowest BCUT2D eigenvalue weighted by Crippen LogP contribution is -2.24. The number of hydrogen-bond donors (Lipinski definition) is 0. The van der Waals surface area contributed by atoms with Crippen molar-refractivity contribution in [3.8, 4) is 0 Å². The minimum atomic E-state index is 0.181. The first-order valence-corrected chi connectivity index (χ1v) is 6.10. The molecule has 0 aromatic carbocycles.